The molecular formula is C15H23N4O+. The van der Waals surface area contributed by atoms with Crippen LogP contribution in [0.1, 0.15) is 26.3 Å². The fourth-order valence-electron chi connectivity index (χ4n) is 2.97. The van der Waals surface area contributed by atoms with Gasteiger partial charge in [0.05, 0.1) is 16.8 Å². The molecule has 1 aromatic rings. The van der Waals surface area contributed by atoms with E-state index in [1.807, 2.05) is 23.1 Å². The fourth-order valence-corrected chi connectivity index (χ4v) is 2.97. The van der Waals surface area contributed by atoms with Gasteiger partial charge in [-0.15, -0.1) is 0 Å². The lowest BCUT2D eigenvalue weighted by atomic mass is 9.97. The number of hydrogen-bond acceptors (Lipinski definition) is 3. The molecule has 1 amide bonds. The summed E-state index contributed by atoms with van der Waals surface area (Å²) in [7, 11) is 0. The van der Waals surface area contributed by atoms with Crippen LogP contribution in [0.15, 0.2) is 18.2 Å². The van der Waals surface area contributed by atoms with Crippen molar-refractivity contribution in [3.05, 3.63) is 23.8 Å². The number of anilines is 2. The molecule has 1 aliphatic heterocycles. The number of hydrogen-bond donors (Lipinski definition) is 2. The average molecular weight is 275 g/mol. The summed E-state index contributed by atoms with van der Waals surface area (Å²) < 4.78 is 0. The van der Waals surface area contributed by atoms with Gasteiger partial charge in [-0.05, 0) is 26.0 Å². The molecule has 0 spiro atoms. The quantitative estimate of drug-likeness (QED) is 0.584. The van der Waals surface area contributed by atoms with Crippen LogP contribution >= 0.6 is 0 Å². The van der Waals surface area contributed by atoms with Crippen molar-refractivity contribution in [2.45, 2.75) is 26.3 Å². The lowest BCUT2D eigenvalue weighted by molar-refractivity contribution is -0.134. The Bertz CT molecular complexity index is 539. The van der Waals surface area contributed by atoms with Crippen LogP contribution in [0, 0.1) is 0 Å². The van der Waals surface area contributed by atoms with E-state index in [-0.39, 0.29) is 11.4 Å². The van der Waals surface area contributed by atoms with E-state index >= 15 is 0 Å². The van der Waals surface area contributed by atoms with E-state index in [2.05, 4.69) is 18.7 Å². The number of carbonyl (C=O) groups is 1. The maximum atomic E-state index is 11.7. The van der Waals surface area contributed by atoms with Crippen molar-refractivity contribution in [1.29, 1.82) is 0 Å². The molecule has 0 bridgehead atoms. The highest BCUT2D eigenvalue weighted by atomic mass is 16.2. The van der Waals surface area contributed by atoms with E-state index < -0.39 is 0 Å². The number of nitrogen functional groups attached to an aromatic ring is 1. The van der Waals surface area contributed by atoms with Gasteiger partial charge in [-0.25, -0.2) is 0 Å². The van der Waals surface area contributed by atoms with Crippen LogP contribution in [0.2, 0.25) is 0 Å². The summed E-state index contributed by atoms with van der Waals surface area (Å²) in [6.45, 7) is 8.04. The smallest absolute Gasteiger partial charge is 0.220 e. The van der Waals surface area contributed by atoms with E-state index in [9.17, 15) is 4.79 Å². The third kappa shape index (κ3) is 2.48. The first kappa shape index (κ1) is 14.4. The van der Waals surface area contributed by atoms with Gasteiger partial charge in [0, 0.05) is 32.2 Å². The van der Waals surface area contributed by atoms with Crippen LogP contribution in [0.3, 0.4) is 0 Å². The zero-order valence-corrected chi connectivity index (χ0v) is 12.4. The molecule has 0 atom stereocenters. The Balaban J connectivity index is 2.31. The molecule has 0 radical (unpaired) electrons. The zero-order valence-electron chi connectivity index (χ0n) is 12.4. The molecule has 0 aromatic heterocycles. The van der Waals surface area contributed by atoms with E-state index in [0.717, 1.165) is 24.3 Å². The maximum Gasteiger partial charge on any atom is 0.220 e. The summed E-state index contributed by atoms with van der Waals surface area (Å²) in [4.78, 5) is 15.9. The Morgan fingerprint density at radius 2 is 2.10 bits per heavy atom. The van der Waals surface area contributed by atoms with Gasteiger partial charge in [-0.2, -0.15) is 0 Å². The molecule has 1 heterocycles. The number of piperazine rings is 1. The first-order chi connectivity index (χ1) is 9.36. The van der Waals surface area contributed by atoms with Crippen LogP contribution in [0.25, 0.3) is 0 Å². The lowest BCUT2D eigenvalue weighted by Gasteiger charge is -2.47. The van der Waals surface area contributed by atoms with E-state index in [1.165, 1.54) is 0 Å². The summed E-state index contributed by atoms with van der Waals surface area (Å²) in [5.74, 6) is 0.118. The van der Waals surface area contributed by atoms with Gasteiger partial charge in [-0.3, -0.25) is 10.2 Å². The van der Waals surface area contributed by atoms with Crippen LogP contribution in [-0.2, 0) is 4.79 Å². The summed E-state index contributed by atoms with van der Waals surface area (Å²) >= 11 is 0. The molecule has 0 saturated carbocycles. The van der Waals surface area contributed by atoms with Gasteiger partial charge in [0.2, 0.25) is 5.91 Å². The number of benzene rings is 1. The Kier molecular flexibility index (Phi) is 3.70. The van der Waals surface area contributed by atoms with Gasteiger partial charge < -0.3 is 15.5 Å². The van der Waals surface area contributed by atoms with E-state index in [0.29, 0.717) is 12.2 Å². The molecule has 0 unspecified atom stereocenters. The average Bonchev–Trinajstić information content (AvgIpc) is 2.36. The van der Waals surface area contributed by atoms with Crippen LogP contribution in [0.4, 0.5) is 11.4 Å². The lowest BCUT2D eigenvalue weighted by Crippen LogP contribution is -2.61. The molecule has 108 valence electrons. The van der Waals surface area contributed by atoms with Crippen molar-refractivity contribution in [2.75, 3.05) is 30.3 Å². The molecule has 5 nitrogen and oxygen atoms in total. The molecule has 1 fully saturated rings. The molecule has 4 N–H and O–H groups in total. The second kappa shape index (κ2) is 5.15. The minimum absolute atomic E-state index is 0.118. The van der Waals surface area contributed by atoms with Gasteiger partial charge in [0.15, 0.2) is 6.21 Å². The number of amides is 1. The first-order valence-corrected chi connectivity index (χ1v) is 6.83. The van der Waals surface area contributed by atoms with Crippen LogP contribution in [0.5, 0.6) is 0 Å². The second-order valence-electron chi connectivity index (χ2n) is 5.85. The Labute approximate surface area is 119 Å². The van der Waals surface area contributed by atoms with Gasteiger partial charge in [0.25, 0.3) is 0 Å². The normalized spacial score (nSPS) is 17.9. The molecule has 0 aliphatic carbocycles. The molecule has 5 heteroatoms. The van der Waals surface area contributed by atoms with Crippen molar-refractivity contribution in [1.82, 2.24) is 4.90 Å². The van der Waals surface area contributed by atoms with Crippen molar-refractivity contribution < 1.29 is 10.2 Å². The topological polar surface area (TPSA) is 75.2 Å². The van der Waals surface area contributed by atoms with Gasteiger partial charge in [0.1, 0.15) is 0 Å². The molecule has 1 aromatic carbocycles. The zero-order chi connectivity index (χ0) is 14.9. The number of carbonyl (C=O) groups excluding carboxylic acids is 1. The van der Waals surface area contributed by atoms with Crippen molar-refractivity contribution in [3.8, 4) is 0 Å². The summed E-state index contributed by atoms with van der Waals surface area (Å²) in [5.41, 5.74) is 8.34. The van der Waals surface area contributed by atoms with E-state index in [1.54, 1.807) is 13.1 Å². The van der Waals surface area contributed by atoms with Gasteiger partial charge in [-0.1, -0.05) is 6.07 Å². The third-order valence-corrected chi connectivity index (χ3v) is 3.91. The largest absolute Gasteiger partial charge is 0.398 e. The summed E-state index contributed by atoms with van der Waals surface area (Å²) in [6.07, 6.45) is 1.55. The van der Waals surface area contributed by atoms with Crippen molar-refractivity contribution >= 4 is 23.5 Å². The molecule has 20 heavy (non-hydrogen) atoms. The number of nitrogens with zero attached hydrogens (tertiary/aromatic N) is 2. The Morgan fingerprint density at radius 1 is 1.40 bits per heavy atom. The fraction of sp³-hybridized carbons (Fsp3) is 0.467. The molecule has 1 aliphatic rings. The van der Waals surface area contributed by atoms with Gasteiger partial charge >= 0.3 is 0 Å². The standard InChI is InChI=1S/C15H22N4O/c1-11(20)19-8-7-18(10-15(19,2)3)14-6-4-5-13(17)12(14)9-16/h4-6,9,16H,7-8,10,17H2,1-3H3/p+1. The molecule has 1 saturated heterocycles. The number of rotatable bonds is 2. The predicted molar refractivity (Wildman–Crippen MR) is 81.6 cm³/mol. The summed E-state index contributed by atoms with van der Waals surface area (Å²) in [5, 5.41) is 5.71. The Morgan fingerprint density at radius 3 is 2.65 bits per heavy atom. The first-order valence-electron chi connectivity index (χ1n) is 6.83. The third-order valence-electron chi connectivity index (χ3n) is 3.91. The van der Waals surface area contributed by atoms with Crippen LogP contribution in [-0.4, -0.2) is 42.2 Å². The van der Waals surface area contributed by atoms with Crippen molar-refractivity contribution in [2.24, 2.45) is 0 Å². The highest BCUT2D eigenvalue weighted by Crippen LogP contribution is 2.29. The summed E-state index contributed by atoms with van der Waals surface area (Å²) in [6, 6.07) is 5.80. The second-order valence-corrected chi connectivity index (χ2v) is 5.85. The highest BCUT2D eigenvalue weighted by molar-refractivity contribution is 5.91. The minimum atomic E-state index is -0.208. The monoisotopic (exact) mass is 275 g/mol. The Hall–Kier alpha value is -2.04. The molecule has 2 rings (SSSR count). The van der Waals surface area contributed by atoms with Crippen LogP contribution < -0.4 is 16.0 Å². The molecular weight excluding hydrogens is 252 g/mol. The van der Waals surface area contributed by atoms with E-state index in [4.69, 9.17) is 11.1 Å². The minimum Gasteiger partial charge on any atom is -0.398 e. The maximum absolute atomic E-state index is 11.7. The number of nitrogens with two attached hydrogens (primary N) is 2. The SMILES string of the molecule is CC(=O)N1CCN(c2cccc(N)c2C=[NH2+])CC1(C)C. The highest BCUT2D eigenvalue weighted by Gasteiger charge is 2.35. The van der Waals surface area contributed by atoms with Crippen molar-refractivity contribution in [3.63, 3.8) is 0 Å². The predicted octanol–water partition coefficient (Wildman–Crippen LogP) is -0.106.